The van der Waals surface area contributed by atoms with Crippen LogP contribution < -0.4 is 5.32 Å². The van der Waals surface area contributed by atoms with Crippen LogP contribution in [-0.2, 0) is 11.3 Å². The Morgan fingerprint density at radius 1 is 1.11 bits per heavy atom. The van der Waals surface area contributed by atoms with Crippen LogP contribution >= 0.6 is 0 Å². The fourth-order valence-electron chi connectivity index (χ4n) is 3.42. The summed E-state index contributed by atoms with van der Waals surface area (Å²) >= 11 is 0. The lowest BCUT2D eigenvalue weighted by Crippen LogP contribution is -2.33. The molecule has 0 spiro atoms. The van der Waals surface area contributed by atoms with Crippen molar-refractivity contribution in [2.24, 2.45) is 5.92 Å². The Hall–Kier alpha value is -2.69. The Labute approximate surface area is 159 Å². The van der Waals surface area contributed by atoms with Gasteiger partial charge in [0.2, 0.25) is 5.91 Å². The van der Waals surface area contributed by atoms with E-state index in [2.05, 4.69) is 9.88 Å². The van der Waals surface area contributed by atoms with Crippen LogP contribution in [0.25, 0.3) is 11.0 Å². The predicted octanol–water partition coefficient (Wildman–Crippen LogP) is 4.84. The summed E-state index contributed by atoms with van der Waals surface area (Å²) in [5.41, 5.74) is 2.87. The van der Waals surface area contributed by atoms with Crippen molar-refractivity contribution >= 4 is 16.9 Å². The Morgan fingerprint density at radius 2 is 1.78 bits per heavy atom. The van der Waals surface area contributed by atoms with Gasteiger partial charge in [-0.1, -0.05) is 38.1 Å². The molecule has 2 aromatic carbocycles. The van der Waals surface area contributed by atoms with Gasteiger partial charge in [-0.3, -0.25) is 4.79 Å². The van der Waals surface area contributed by atoms with Gasteiger partial charge in [0.15, 0.2) is 0 Å². The summed E-state index contributed by atoms with van der Waals surface area (Å²) in [6.45, 7) is 6.59. The number of fused-ring (bicyclic) bond motifs is 1. The summed E-state index contributed by atoms with van der Waals surface area (Å²) in [7, 11) is 0. The lowest BCUT2D eigenvalue weighted by Gasteiger charge is -2.19. The minimum absolute atomic E-state index is 0.0161. The topological polar surface area (TPSA) is 46.9 Å². The molecule has 0 aliphatic heterocycles. The molecule has 1 amide bonds. The summed E-state index contributed by atoms with van der Waals surface area (Å²) in [5.74, 6) is 0.635. The fraction of sp³-hybridized carbons (Fsp3) is 0.364. The second-order valence-electron chi connectivity index (χ2n) is 6.92. The van der Waals surface area contributed by atoms with Crippen LogP contribution in [0.15, 0.2) is 48.5 Å². The number of nitrogens with zero attached hydrogens (tertiary/aromatic N) is 2. The number of hydrogen-bond donors (Lipinski definition) is 1. The number of halogens is 1. The van der Waals surface area contributed by atoms with Gasteiger partial charge in [-0.05, 0) is 49.6 Å². The standard InChI is InChI=1S/C22H26FN3O/c1-4-17(5-2)22(27)24-15(3)21-25-19-8-6-7-9-20(19)26(21)14-16-10-12-18(23)13-11-16/h6-13,15,17H,4-5,14H2,1-3H3,(H,24,27). The third-order valence-electron chi connectivity index (χ3n) is 5.04. The van der Waals surface area contributed by atoms with Crippen molar-refractivity contribution in [2.45, 2.75) is 46.2 Å². The first kappa shape index (κ1) is 19.1. The monoisotopic (exact) mass is 367 g/mol. The highest BCUT2D eigenvalue weighted by atomic mass is 19.1. The van der Waals surface area contributed by atoms with E-state index in [1.165, 1.54) is 12.1 Å². The first-order valence-electron chi connectivity index (χ1n) is 9.53. The maximum atomic E-state index is 13.2. The average Bonchev–Trinajstić information content (AvgIpc) is 3.03. The van der Waals surface area contributed by atoms with Gasteiger partial charge in [-0.2, -0.15) is 0 Å². The number of para-hydroxylation sites is 2. The zero-order valence-corrected chi connectivity index (χ0v) is 16.1. The molecule has 3 rings (SSSR count). The smallest absolute Gasteiger partial charge is 0.223 e. The largest absolute Gasteiger partial charge is 0.346 e. The molecule has 0 bridgehead atoms. The number of nitrogens with one attached hydrogen (secondary N) is 1. The molecule has 3 aromatic rings. The van der Waals surface area contributed by atoms with Crippen molar-refractivity contribution in [1.29, 1.82) is 0 Å². The lowest BCUT2D eigenvalue weighted by molar-refractivity contribution is -0.125. The van der Waals surface area contributed by atoms with Crippen LogP contribution in [0.2, 0.25) is 0 Å². The molecule has 0 saturated heterocycles. The highest BCUT2D eigenvalue weighted by Gasteiger charge is 2.21. The summed E-state index contributed by atoms with van der Waals surface area (Å²) in [4.78, 5) is 17.3. The number of hydrogen-bond acceptors (Lipinski definition) is 2. The van der Waals surface area contributed by atoms with E-state index >= 15 is 0 Å². The molecule has 0 saturated carbocycles. The Balaban J connectivity index is 1.94. The quantitative estimate of drug-likeness (QED) is 0.650. The van der Waals surface area contributed by atoms with Gasteiger partial charge in [-0.25, -0.2) is 9.37 Å². The van der Waals surface area contributed by atoms with Crippen molar-refractivity contribution in [3.63, 3.8) is 0 Å². The van der Waals surface area contributed by atoms with Crippen molar-refractivity contribution < 1.29 is 9.18 Å². The highest BCUT2D eigenvalue weighted by Crippen LogP contribution is 2.23. The number of imidazole rings is 1. The van der Waals surface area contributed by atoms with E-state index in [0.717, 1.165) is 35.3 Å². The second-order valence-corrected chi connectivity index (χ2v) is 6.92. The van der Waals surface area contributed by atoms with Gasteiger partial charge in [-0.15, -0.1) is 0 Å². The number of aromatic nitrogens is 2. The molecule has 27 heavy (non-hydrogen) atoms. The van der Waals surface area contributed by atoms with E-state index in [-0.39, 0.29) is 23.7 Å². The van der Waals surface area contributed by atoms with E-state index in [0.29, 0.717) is 6.54 Å². The normalized spacial score (nSPS) is 12.5. The molecule has 1 unspecified atom stereocenters. The molecule has 1 aromatic heterocycles. The lowest BCUT2D eigenvalue weighted by atomic mass is 10.0. The average molecular weight is 367 g/mol. The molecule has 5 heteroatoms. The van der Waals surface area contributed by atoms with Gasteiger partial charge in [0.25, 0.3) is 0 Å². The Bertz CT molecular complexity index is 913. The molecule has 0 aliphatic rings. The number of benzene rings is 2. The van der Waals surface area contributed by atoms with E-state index in [4.69, 9.17) is 4.98 Å². The molecule has 4 nitrogen and oxygen atoms in total. The van der Waals surface area contributed by atoms with Crippen LogP contribution in [0.1, 0.15) is 51.0 Å². The summed E-state index contributed by atoms with van der Waals surface area (Å²) < 4.78 is 15.3. The molecular formula is C22H26FN3O. The van der Waals surface area contributed by atoms with Crippen LogP contribution in [0.4, 0.5) is 4.39 Å². The maximum absolute atomic E-state index is 13.2. The van der Waals surface area contributed by atoms with Crippen molar-refractivity contribution in [1.82, 2.24) is 14.9 Å². The maximum Gasteiger partial charge on any atom is 0.223 e. The van der Waals surface area contributed by atoms with E-state index in [9.17, 15) is 9.18 Å². The van der Waals surface area contributed by atoms with E-state index in [1.807, 2.05) is 45.0 Å². The van der Waals surface area contributed by atoms with Crippen LogP contribution in [-0.4, -0.2) is 15.5 Å². The second kappa shape index (κ2) is 8.33. The SMILES string of the molecule is CCC(CC)C(=O)NC(C)c1nc2ccccc2n1Cc1ccc(F)cc1. The molecule has 1 atom stereocenters. The van der Waals surface area contributed by atoms with E-state index in [1.54, 1.807) is 12.1 Å². The molecule has 0 radical (unpaired) electrons. The number of rotatable bonds is 7. The number of carbonyl (C=O) groups excluding carboxylic acids is 1. The minimum atomic E-state index is -0.250. The minimum Gasteiger partial charge on any atom is -0.346 e. The van der Waals surface area contributed by atoms with Gasteiger partial charge in [0.1, 0.15) is 11.6 Å². The molecular weight excluding hydrogens is 341 g/mol. The summed E-state index contributed by atoms with van der Waals surface area (Å²) in [6.07, 6.45) is 1.64. The highest BCUT2D eigenvalue weighted by molar-refractivity contribution is 5.79. The summed E-state index contributed by atoms with van der Waals surface area (Å²) in [6, 6.07) is 14.2. The van der Waals surface area contributed by atoms with Crippen LogP contribution in [0.3, 0.4) is 0 Å². The molecule has 0 fully saturated rings. The van der Waals surface area contributed by atoms with Crippen LogP contribution in [0.5, 0.6) is 0 Å². The fourth-order valence-corrected chi connectivity index (χ4v) is 3.42. The van der Waals surface area contributed by atoms with Gasteiger partial charge in [0.05, 0.1) is 17.1 Å². The Kier molecular flexibility index (Phi) is 5.89. The molecule has 1 N–H and O–H groups in total. The third-order valence-corrected chi connectivity index (χ3v) is 5.04. The van der Waals surface area contributed by atoms with Crippen LogP contribution in [0, 0.1) is 11.7 Å². The van der Waals surface area contributed by atoms with E-state index < -0.39 is 0 Å². The van der Waals surface area contributed by atoms with Gasteiger partial charge in [0, 0.05) is 12.5 Å². The molecule has 0 aliphatic carbocycles. The first-order valence-corrected chi connectivity index (χ1v) is 9.53. The first-order chi connectivity index (χ1) is 13.0. The van der Waals surface area contributed by atoms with Gasteiger partial charge >= 0.3 is 0 Å². The number of amides is 1. The zero-order chi connectivity index (χ0) is 19.4. The van der Waals surface area contributed by atoms with Crippen molar-refractivity contribution in [3.8, 4) is 0 Å². The zero-order valence-electron chi connectivity index (χ0n) is 16.1. The van der Waals surface area contributed by atoms with Gasteiger partial charge < -0.3 is 9.88 Å². The molecule has 1 heterocycles. The number of carbonyl (C=O) groups is 1. The predicted molar refractivity (Wildman–Crippen MR) is 106 cm³/mol. The third kappa shape index (κ3) is 4.18. The van der Waals surface area contributed by atoms with Crippen molar-refractivity contribution in [3.05, 3.63) is 65.7 Å². The summed E-state index contributed by atoms with van der Waals surface area (Å²) in [5, 5.41) is 3.11. The van der Waals surface area contributed by atoms with Crippen molar-refractivity contribution in [2.75, 3.05) is 0 Å². The Morgan fingerprint density at radius 3 is 2.44 bits per heavy atom. The molecule has 142 valence electrons.